The first kappa shape index (κ1) is 17.4. The number of fused-ring (bicyclic) bond motifs is 1. The second kappa shape index (κ2) is 7.21. The van der Waals surface area contributed by atoms with Gasteiger partial charge in [0.15, 0.2) is 0 Å². The van der Waals surface area contributed by atoms with Gasteiger partial charge in [-0.2, -0.15) is 0 Å². The summed E-state index contributed by atoms with van der Waals surface area (Å²) in [4.78, 5) is 14.6. The smallest absolute Gasteiger partial charge is 0.254 e. The highest BCUT2D eigenvalue weighted by atomic mass is 32.2. The van der Waals surface area contributed by atoms with Gasteiger partial charge in [0.1, 0.15) is 0 Å². The Bertz CT molecular complexity index is 889. The van der Waals surface area contributed by atoms with Crippen LogP contribution in [-0.4, -0.2) is 32.3 Å². The van der Waals surface area contributed by atoms with Crippen molar-refractivity contribution in [3.63, 3.8) is 0 Å². The van der Waals surface area contributed by atoms with Gasteiger partial charge in [-0.1, -0.05) is 30.3 Å². The van der Waals surface area contributed by atoms with Gasteiger partial charge in [-0.15, -0.1) is 6.58 Å². The first-order chi connectivity index (χ1) is 12.0. The molecule has 0 atom stereocenters. The summed E-state index contributed by atoms with van der Waals surface area (Å²) in [6.07, 6.45) is 2.31. The Morgan fingerprint density at radius 2 is 1.80 bits per heavy atom. The average Bonchev–Trinajstić information content (AvgIpc) is 2.65. The topological polar surface area (TPSA) is 66.5 Å². The molecule has 6 heteroatoms. The van der Waals surface area contributed by atoms with E-state index in [1.165, 1.54) is 23.8 Å². The van der Waals surface area contributed by atoms with E-state index in [1.807, 2.05) is 18.2 Å². The molecule has 0 aliphatic carbocycles. The van der Waals surface area contributed by atoms with E-state index in [-0.39, 0.29) is 17.3 Å². The van der Waals surface area contributed by atoms with E-state index in [2.05, 4.69) is 17.4 Å². The Balaban J connectivity index is 1.75. The number of rotatable bonds is 5. The molecule has 1 N–H and O–H groups in total. The van der Waals surface area contributed by atoms with E-state index >= 15 is 0 Å². The van der Waals surface area contributed by atoms with Crippen LogP contribution < -0.4 is 4.72 Å². The number of nitrogens with one attached hydrogen (secondary N) is 1. The minimum absolute atomic E-state index is 0.0856. The van der Waals surface area contributed by atoms with E-state index in [4.69, 9.17) is 0 Å². The second-order valence-corrected chi connectivity index (χ2v) is 7.68. The first-order valence-corrected chi connectivity index (χ1v) is 9.56. The standard InChI is InChI=1S/C19H20N2O3S/c1-2-12-20-25(23,24)18-9-7-16(8-10-18)19(22)21-13-11-15-5-3-4-6-17(15)14-21/h2-10,20H,1,11-14H2. The molecule has 2 aromatic carbocycles. The summed E-state index contributed by atoms with van der Waals surface area (Å²) in [5, 5.41) is 0. The molecule has 5 nitrogen and oxygen atoms in total. The van der Waals surface area contributed by atoms with Crippen LogP contribution in [0.15, 0.2) is 66.1 Å². The molecule has 0 unspecified atom stereocenters. The predicted molar refractivity (Wildman–Crippen MR) is 96.7 cm³/mol. The molecule has 1 amide bonds. The molecule has 0 aromatic heterocycles. The lowest BCUT2D eigenvalue weighted by Gasteiger charge is -2.29. The van der Waals surface area contributed by atoms with Crippen LogP contribution >= 0.6 is 0 Å². The molecule has 3 rings (SSSR count). The Kier molecular flexibility index (Phi) is 5.01. The molecule has 1 aliphatic rings. The van der Waals surface area contributed by atoms with Crippen molar-refractivity contribution in [2.24, 2.45) is 0 Å². The van der Waals surface area contributed by atoms with Crippen molar-refractivity contribution < 1.29 is 13.2 Å². The number of amides is 1. The van der Waals surface area contributed by atoms with Crippen LogP contribution in [0.5, 0.6) is 0 Å². The van der Waals surface area contributed by atoms with Crippen molar-refractivity contribution in [2.75, 3.05) is 13.1 Å². The zero-order valence-electron chi connectivity index (χ0n) is 13.8. The van der Waals surface area contributed by atoms with E-state index in [1.54, 1.807) is 17.0 Å². The van der Waals surface area contributed by atoms with Gasteiger partial charge < -0.3 is 4.90 Å². The van der Waals surface area contributed by atoms with Crippen molar-refractivity contribution in [2.45, 2.75) is 17.9 Å². The van der Waals surface area contributed by atoms with Gasteiger partial charge in [0.2, 0.25) is 10.0 Å². The van der Waals surface area contributed by atoms with Gasteiger partial charge in [0.25, 0.3) is 5.91 Å². The molecule has 0 bridgehead atoms. The number of benzene rings is 2. The summed E-state index contributed by atoms with van der Waals surface area (Å²) in [5.41, 5.74) is 2.93. The van der Waals surface area contributed by atoms with E-state index in [0.717, 1.165) is 12.0 Å². The van der Waals surface area contributed by atoms with Crippen LogP contribution in [0.4, 0.5) is 0 Å². The van der Waals surface area contributed by atoms with Crippen LogP contribution in [0.3, 0.4) is 0 Å². The number of carbonyl (C=O) groups excluding carboxylic acids is 1. The van der Waals surface area contributed by atoms with E-state index < -0.39 is 10.0 Å². The fourth-order valence-corrected chi connectivity index (χ4v) is 3.88. The Labute approximate surface area is 148 Å². The van der Waals surface area contributed by atoms with Gasteiger partial charge in [-0.3, -0.25) is 4.79 Å². The van der Waals surface area contributed by atoms with Gasteiger partial charge in [-0.05, 0) is 41.8 Å². The number of sulfonamides is 1. The highest BCUT2D eigenvalue weighted by molar-refractivity contribution is 7.89. The van der Waals surface area contributed by atoms with E-state index in [9.17, 15) is 13.2 Å². The van der Waals surface area contributed by atoms with Crippen LogP contribution in [0.1, 0.15) is 21.5 Å². The maximum atomic E-state index is 12.7. The highest BCUT2D eigenvalue weighted by Gasteiger charge is 2.22. The van der Waals surface area contributed by atoms with Gasteiger partial charge in [-0.25, -0.2) is 13.1 Å². The normalized spacial score (nSPS) is 14.0. The fourth-order valence-electron chi connectivity index (χ4n) is 2.88. The number of carbonyl (C=O) groups is 1. The van der Waals surface area contributed by atoms with Crippen LogP contribution in [0, 0.1) is 0 Å². The highest BCUT2D eigenvalue weighted by Crippen LogP contribution is 2.21. The van der Waals surface area contributed by atoms with Gasteiger partial charge in [0, 0.05) is 25.2 Å². The summed E-state index contributed by atoms with van der Waals surface area (Å²) in [6, 6.07) is 14.1. The van der Waals surface area contributed by atoms with Crippen LogP contribution in [-0.2, 0) is 23.0 Å². The molecule has 0 spiro atoms. The largest absolute Gasteiger partial charge is 0.334 e. The first-order valence-electron chi connectivity index (χ1n) is 8.08. The van der Waals surface area contributed by atoms with Crippen molar-refractivity contribution in [3.05, 3.63) is 77.9 Å². The predicted octanol–water partition coefficient (Wildman–Crippen LogP) is 2.35. The Hall–Kier alpha value is -2.44. The summed E-state index contributed by atoms with van der Waals surface area (Å²) < 4.78 is 26.5. The summed E-state index contributed by atoms with van der Waals surface area (Å²) >= 11 is 0. The maximum absolute atomic E-state index is 12.7. The molecule has 130 valence electrons. The molecule has 0 fully saturated rings. The van der Waals surface area contributed by atoms with Crippen LogP contribution in [0.25, 0.3) is 0 Å². The molecule has 0 saturated heterocycles. The number of nitrogens with zero attached hydrogens (tertiary/aromatic N) is 1. The van der Waals surface area contributed by atoms with Crippen molar-refractivity contribution in [1.29, 1.82) is 0 Å². The summed E-state index contributed by atoms with van der Waals surface area (Å²) in [7, 11) is -3.58. The monoisotopic (exact) mass is 356 g/mol. The van der Waals surface area contributed by atoms with Crippen molar-refractivity contribution in [1.82, 2.24) is 9.62 Å². The fraction of sp³-hybridized carbons (Fsp3) is 0.211. The molecule has 2 aromatic rings. The molecule has 25 heavy (non-hydrogen) atoms. The Morgan fingerprint density at radius 3 is 2.48 bits per heavy atom. The minimum atomic E-state index is -3.58. The molecule has 0 radical (unpaired) electrons. The van der Waals surface area contributed by atoms with Gasteiger partial charge in [0.05, 0.1) is 4.90 Å². The summed E-state index contributed by atoms with van der Waals surface area (Å²) in [6.45, 7) is 4.89. The molecule has 0 saturated carbocycles. The number of hydrogen-bond donors (Lipinski definition) is 1. The maximum Gasteiger partial charge on any atom is 0.254 e. The minimum Gasteiger partial charge on any atom is -0.334 e. The molecular weight excluding hydrogens is 336 g/mol. The van der Waals surface area contributed by atoms with E-state index in [0.29, 0.717) is 18.7 Å². The third-order valence-corrected chi connectivity index (χ3v) is 5.69. The van der Waals surface area contributed by atoms with Crippen LogP contribution in [0.2, 0.25) is 0 Å². The molecule has 1 heterocycles. The third kappa shape index (κ3) is 3.81. The SMILES string of the molecule is C=CCNS(=O)(=O)c1ccc(C(=O)N2CCc3ccccc3C2)cc1. The average molecular weight is 356 g/mol. The lowest BCUT2D eigenvalue weighted by molar-refractivity contribution is 0.0734. The molecular formula is C19H20N2O3S. The quantitative estimate of drug-likeness (QED) is 0.837. The molecule has 1 aliphatic heterocycles. The second-order valence-electron chi connectivity index (χ2n) is 5.91. The summed E-state index contributed by atoms with van der Waals surface area (Å²) in [5.74, 6) is -0.0856. The number of hydrogen-bond acceptors (Lipinski definition) is 3. The zero-order valence-corrected chi connectivity index (χ0v) is 14.6. The lowest BCUT2D eigenvalue weighted by Crippen LogP contribution is -2.35. The van der Waals surface area contributed by atoms with Gasteiger partial charge >= 0.3 is 0 Å². The Morgan fingerprint density at radius 1 is 1.12 bits per heavy atom. The van der Waals surface area contributed by atoms with Crippen molar-refractivity contribution in [3.8, 4) is 0 Å². The zero-order chi connectivity index (χ0) is 17.9. The van der Waals surface area contributed by atoms with Crippen molar-refractivity contribution >= 4 is 15.9 Å². The third-order valence-electron chi connectivity index (χ3n) is 4.25. The lowest BCUT2D eigenvalue weighted by atomic mass is 9.99.